The molecule has 1 aromatic heterocycles. The van der Waals surface area contributed by atoms with E-state index in [1.165, 1.54) is 0 Å². The van der Waals surface area contributed by atoms with Crippen molar-refractivity contribution < 1.29 is 13.9 Å². The first-order chi connectivity index (χ1) is 17.4. The van der Waals surface area contributed by atoms with Gasteiger partial charge < -0.3 is 10.1 Å². The van der Waals surface area contributed by atoms with Crippen LogP contribution in [0.4, 0.5) is 4.39 Å². The van der Waals surface area contributed by atoms with Crippen molar-refractivity contribution in [3.63, 3.8) is 0 Å². The molecule has 2 heterocycles. The average Bonchev–Trinajstić information content (AvgIpc) is 2.91. The van der Waals surface area contributed by atoms with Crippen LogP contribution in [0.5, 0.6) is 0 Å². The Morgan fingerprint density at radius 3 is 2.92 bits per heavy atom. The molecule has 0 fully saturated rings. The zero-order valence-electron chi connectivity index (χ0n) is 20.0. The third-order valence-corrected chi connectivity index (χ3v) is 6.45. The number of aromatic nitrogens is 1. The third-order valence-electron chi connectivity index (χ3n) is 6.07. The van der Waals surface area contributed by atoms with Gasteiger partial charge in [-0.05, 0) is 64.7 Å². The van der Waals surface area contributed by atoms with E-state index >= 15 is 0 Å². The van der Waals surface area contributed by atoms with Crippen LogP contribution in [0, 0.1) is 11.3 Å². The van der Waals surface area contributed by atoms with Crippen LogP contribution >= 0.6 is 9.24 Å². The van der Waals surface area contributed by atoms with Gasteiger partial charge in [-0.25, -0.2) is 9.37 Å². The monoisotopic (exact) mass is 499 g/mol. The van der Waals surface area contributed by atoms with Gasteiger partial charge in [0.1, 0.15) is 5.91 Å². The highest BCUT2D eigenvalue weighted by Gasteiger charge is 2.22. The van der Waals surface area contributed by atoms with E-state index in [-0.39, 0.29) is 18.4 Å². The zero-order chi connectivity index (χ0) is 25.7. The van der Waals surface area contributed by atoms with E-state index < -0.39 is 5.91 Å². The van der Waals surface area contributed by atoms with Gasteiger partial charge in [0.2, 0.25) is 0 Å². The molecular formula is C29H27FN3O2P. The van der Waals surface area contributed by atoms with Crippen molar-refractivity contribution in [3.05, 3.63) is 99.6 Å². The highest BCUT2D eigenvalue weighted by Crippen LogP contribution is 2.28. The van der Waals surface area contributed by atoms with Crippen LogP contribution in [-0.4, -0.2) is 24.0 Å². The minimum atomic E-state index is -1.14. The zero-order valence-corrected chi connectivity index (χ0v) is 21.2. The maximum absolute atomic E-state index is 13.8. The van der Waals surface area contributed by atoms with Crippen molar-refractivity contribution in [2.45, 2.75) is 25.4 Å². The molecule has 36 heavy (non-hydrogen) atoms. The summed E-state index contributed by atoms with van der Waals surface area (Å²) in [6, 6.07) is 18.7. The summed E-state index contributed by atoms with van der Waals surface area (Å²) in [5.41, 5.74) is 5.06. The number of fused-ring (bicyclic) bond motifs is 1. The molecule has 0 radical (unpaired) electrons. The first-order valence-corrected chi connectivity index (χ1v) is 12.3. The normalized spacial score (nSPS) is 16.7. The fraction of sp³-hybridized carbons (Fsp3) is 0.207. The number of nitrogens with zero attached hydrogens (tertiary/aromatic N) is 2. The Bertz CT molecular complexity index is 1480. The van der Waals surface area contributed by atoms with Gasteiger partial charge in [-0.3, -0.25) is 4.79 Å². The maximum Gasteiger partial charge on any atom is 0.251 e. The van der Waals surface area contributed by atoms with E-state index in [2.05, 4.69) is 27.2 Å². The number of amides is 1. The first-order valence-electron chi connectivity index (χ1n) is 11.6. The Balaban J connectivity index is 1.52. The van der Waals surface area contributed by atoms with E-state index in [0.717, 1.165) is 27.6 Å². The van der Waals surface area contributed by atoms with Crippen LogP contribution in [-0.2, 0) is 11.3 Å². The number of alkyl halides is 1. The molecular weight excluding hydrogens is 472 g/mol. The smallest absolute Gasteiger partial charge is 0.251 e. The van der Waals surface area contributed by atoms with E-state index in [1.54, 1.807) is 24.3 Å². The number of hydrogen-bond acceptors (Lipinski definition) is 4. The lowest BCUT2D eigenvalue weighted by Gasteiger charge is -2.21. The number of hydrogen-bond donors (Lipinski definition) is 1. The van der Waals surface area contributed by atoms with Crippen molar-refractivity contribution >= 4 is 27.3 Å². The number of rotatable bonds is 6. The van der Waals surface area contributed by atoms with Crippen LogP contribution in [0.1, 0.15) is 45.8 Å². The molecule has 0 spiro atoms. The minimum absolute atomic E-state index is 0.238. The van der Waals surface area contributed by atoms with E-state index in [0.29, 0.717) is 35.3 Å². The standard InChI is InChI=1S/C29H27FN3O2P/c1-3-19-9-10-26(20-5-4-6-21(12-20)28(30)36)33-27(19)11-18(2)15-32-29(34)22-7-8-23-16-35-17-24(14-31)25(23)13-22/h3-13,24,28H,2,15-17,36H2,1H3,(H,32,34)/b19-3-,27-11+. The van der Waals surface area contributed by atoms with E-state index in [4.69, 9.17) is 9.72 Å². The van der Waals surface area contributed by atoms with Gasteiger partial charge in [-0.1, -0.05) is 52.2 Å². The van der Waals surface area contributed by atoms with Gasteiger partial charge in [0.15, 0.2) is 0 Å². The molecule has 5 nitrogen and oxygen atoms in total. The fourth-order valence-electron chi connectivity index (χ4n) is 4.09. The molecule has 7 heteroatoms. The average molecular weight is 500 g/mol. The number of benzene rings is 2. The lowest BCUT2D eigenvalue weighted by atomic mass is 9.92. The van der Waals surface area contributed by atoms with Gasteiger partial charge in [-0.15, -0.1) is 0 Å². The lowest BCUT2D eigenvalue weighted by Crippen LogP contribution is -2.30. The topological polar surface area (TPSA) is 75.0 Å². The predicted octanol–water partition coefficient (Wildman–Crippen LogP) is 4.30. The number of nitriles is 1. The molecule has 182 valence electrons. The molecule has 1 aliphatic heterocycles. The molecule has 0 bridgehead atoms. The van der Waals surface area contributed by atoms with Gasteiger partial charge >= 0.3 is 0 Å². The molecule has 0 saturated heterocycles. The number of carbonyl (C=O) groups excluding carboxylic acids is 1. The molecule has 1 amide bonds. The molecule has 1 N–H and O–H groups in total. The number of ether oxygens (including phenoxy) is 1. The van der Waals surface area contributed by atoms with Crippen LogP contribution in [0.25, 0.3) is 23.4 Å². The summed E-state index contributed by atoms with van der Waals surface area (Å²) in [6.45, 7) is 7.03. The first kappa shape index (κ1) is 25.4. The Kier molecular flexibility index (Phi) is 8.05. The molecule has 3 unspecified atom stereocenters. The SMILES string of the molecule is C=C(/C=c1/nc(-c2cccc(C(F)P)c2)cc/c1=C/C)CNC(=O)c1ccc2c(c1)C(C#N)COC2. The fourth-order valence-corrected chi connectivity index (χ4v) is 4.30. The number of nitrogens with one attached hydrogen (secondary N) is 1. The maximum atomic E-state index is 13.8. The van der Waals surface area contributed by atoms with Crippen molar-refractivity contribution in [3.8, 4) is 17.3 Å². The second-order valence-electron chi connectivity index (χ2n) is 8.58. The van der Waals surface area contributed by atoms with Crippen molar-refractivity contribution in [1.82, 2.24) is 10.3 Å². The molecule has 1 aliphatic rings. The lowest BCUT2D eigenvalue weighted by molar-refractivity contribution is 0.0952. The predicted molar refractivity (Wildman–Crippen MR) is 143 cm³/mol. The van der Waals surface area contributed by atoms with Crippen molar-refractivity contribution in [1.29, 1.82) is 5.26 Å². The van der Waals surface area contributed by atoms with Crippen LogP contribution in [0.15, 0.2) is 66.7 Å². The number of halogens is 1. The van der Waals surface area contributed by atoms with Gasteiger partial charge in [-0.2, -0.15) is 5.26 Å². The Morgan fingerprint density at radius 2 is 2.17 bits per heavy atom. The Labute approximate surface area is 212 Å². The minimum Gasteiger partial charge on any atom is -0.375 e. The van der Waals surface area contributed by atoms with Gasteiger partial charge in [0.05, 0.1) is 36.2 Å². The summed E-state index contributed by atoms with van der Waals surface area (Å²) >= 11 is 0. The number of pyridine rings is 1. The van der Waals surface area contributed by atoms with Gasteiger partial charge in [0.25, 0.3) is 5.91 Å². The van der Waals surface area contributed by atoms with E-state index in [9.17, 15) is 14.4 Å². The summed E-state index contributed by atoms with van der Waals surface area (Å²) in [5, 5.41) is 13.9. The Morgan fingerprint density at radius 1 is 1.33 bits per heavy atom. The summed E-state index contributed by atoms with van der Waals surface area (Å²) in [5.74, 6) is -1.76. The summed E-state index contributed by atoms with van der Waals surface area (Å²) in [6.07, 6.45) is 3.79. The molecule has 0 saturated carbocycles. The van der Waals surface area contributed by atoms with Crippen LogP contribution < -0.4 is 15.9 Å². The summed E-state index contributed by atoms with van der Waals surface area (Å²) in [7, 11) is 2.16. The van der Waals surface area contributed by atoms with Crippen molar-refractivity contribution in [2.75, 3.05) is 13.2 Å². The highest BCUT2D eigenvalue weighted by atomic mass is 31.0. The largest absolute Gasteiger partial charge is 0.375 e. The second-order valence-corrected chi connectivity index (χ2v) is 9.17. The van der Waals surface area contributed by atoms with E-state index in [1.807, 2.05) is 49.4 Å². The van der Waals surface area contributed by atoms with Crippen molar-refractivity contribution in [2.24, 2.45) is 0 Å². The molecule has 4 rings (SSSR count). The second kappa shape index (κ2) is 11.4. The highest BCUT2D eigenvalue weighted by molar-refractivity contribution is 7.16. The third kappa shape index (κ3) is 5.76. The summed E-state index contributed by atoms with van der Waals surface area (Å²) < 4.78 is 19.2. The Hall–Kier alpha value is -3.65. The molecule has 2 aromatic carbocycles. The molecule has 3 atom stereocenters. The number of carbonyl (C=O) groups is 1. The molecule has 3 aromatic rings. The van der Waals surface area contributed by atoms with Gasteiger partial charge in [0, 0.05) is 17.7 Å². The summed E-state index contributed by atoms with van der Waals surface area (Å²) in [4.78, 5) is 17.6. The van der Waals surface area contributed by atoms with Crippen LogP contribution in [0.2, 0.25) is 0 Å². The quantitative estimate of drug-likeness (QED) is 0.514. The molecule has 0 aliphatic carbocycles. The van der Waals surface area contributed by atoms with Crippen LogP contribution in [0.3, 0.4) is 0 Å².